The largest absolute Gasteiger partial charge is 0.493 e. The van der Waals surface area contributed by atoms with Gasteiger partial charge in [0.2, 0.25) is 0 Å². The molecule has 1 aromatic rings. The van der Waals surface area contributed by atoms with Gasteiger partial charge in [0, 0.05) is 5.56 Å². The molecule has 0 bridgehead atoms. The van der Waals surface area contributed by atoms with Crippen LogP contribution in [-0.2, 0) is 5.60 Å². The lowest BCUT2D eigenvalue weighted by Crippen LogP contribution is -2.11. The molecule has 0 radical (unpaired) electrons. The van der Waals surface area contributed by atoms with E-state index in [2.05, 4.69) is 6.92 Å². The van der Waals surface area contributed by atoms with Gasteiger partial charge in [0.25, 0.3) is 0 Å². The number of aliphatic hydroxyl groups is 1. The summed E-state index contributed by atoms with van der Waals surface area (Å²) in [6.45, 7) is 2.09. The number of hydrogen-bond donors (Lipinski definition) is 1. The van der Waals surface area contributed by atoms with Crippen LogP contribution >= 0.6 is 0 Å². The first-order valence-electron chi connectivity index (χ1n) is 5.61. The molecule has 0 aromatic heterocycles. The predicted molar refractivity (Wildman–Crippen MR) is 61.8 cm³/mol. The Morgan fingerprint density at radius 3 is 2.62 bits per heavy atom. The van der Waals surface area contributed by atoms with E-state index in [-0.39, 0.29) is 0 Å². The molecule has 0 spiro atoms. The molecule has 1 N–H and O–H groups in total. The van der Waals surface area contributed by atoms with E-state index >= 15 is 0 Å². The third-order valence-corrected chi connectivity index (χ3v) is 3.43. The van der Waals surface area contributed by atoms with Gasteiger partial charge in [-0.3, -0.25) is 0 Å². The maximum Gasteiger partial charge on any atom is 0.166 e. The zero-order chi connectivity index (χ0) is 11.8. The average Bonchev–Trinajstić information content (AvgIpc) is 3.00. The molecule has 88 valence electrons. The van der Waals surface area contributed by atoms with Crippen molar-refractivity contribution in [2.45, 2.75) is 25.4 Å². The van der Waals surface area contributed by atoms with Crippen molar-refractivity contribution >= 4 is 0 Å². The van der Waals surface area contributed by atoms with Crippen molar-refractivity contribution in [1.82, 2.24) is 0 Å². The normalized spacial score (nSPS) is 27.6. The van der Waals surface area contributed by atoms with E-state index in [1.54, 1.807) is 14.2 Å². The molecule has 3 nitrogen and oxygen atoms in total. The molecule has 0 aliphatic heterocycles. The van der Waals surface area contributed by atoms with Crippen LogP contribution in [0.25, 0.3) is 0 Å². The molecule has 1 aliphatic rings. The number of benzene rings is 1. The fourth-order valence-electron chi connectivity index (χ4n) is 2.36. The molecule has 1 fully saturated rings. The molecular weight excluding hydrogens is 204 g/mol. The number of rotatable bonds is 4. The number of hydrogen-bond acceptors (Lipinski definition) is 3. The van der Waals surface area contributed by atoms with Gasteiger partial charge in [-0.05, 0) is 18.4 Å². The van der Waals surface area contributed by atoms with E-state index in [0.717, 1.165) is 18.4 Å². The van der Waals surface area contributed by atoms with E-state index in [1.807, 2.05) is 18.2 Å². The Morgan fingerprint density at radius 2 is 2.12 bits per heavy atom. The second-order valence-electron chi connectivity index (χ2n) is 4.27. The molecule has 1 saturated carbocycles. The third kappa shape index (κ3) is 1.55. The van der Waals surface area contributed by atoms with Gasteiger partial charge < -0.3 is 14.6 Å². The smallest absolute Gasteiger partial charge is 0.166 e. The van der Waals surface area contributed by atoms with Gasteiger partial charge in [0.05, 0.1) is 19.8 Å². The van der Waals surface area contributed by atoms with Crippen LogP contribution in [0.15, 0.2) is 18.2 Å². The van der Waals surface area contributed by atoms with Crippen molar-refractivity contribution in [3.63, 3.8) is 0 Å². The maximum absolute atomic E-state index is 10.5. The second-order valence-corrected chi connectivity index (χ2v) is 4.27. The zero-order valence-corrected chi connectivity index (χ0v) is 9.99. The minimum Gasteiger partial charge on any atom is -0.493 e. The number of methoxy groups -OCH3 is 2. The lowest BCUT2D eigenvalue weighted by molar-refractivity contribution is 0.126. The first-order chi connectivity index (χ1) is 7.67. The fourth-order valence-corrected chi connectivity index (χ4v) is 2.36. The standard InChI is InChI=1S/C13H18O3/c1-4-9-8-13(9,14)10-6-5-7-11(15-2)12(10)16-3/h5-7,9,14H,4,8H2,1-3H3. The highest BCUT2D eigenvalue weighted by atomic mass is 16.5. The van der Waals surface area contributed by atoms with Gasteiger partial charge in [-0.2, -0.15) is 0 Å². The summed E-state index contributed by atoms with van der Waals surface area (Å²) in [6.07, 6.45) is 1.80. The average molecular weight is 222 g/mol. The second kappa shape index (κ2) is 3.98. The minimum absolute atomic E-state index is 0.341. The Kier molecular flexibility index (Phi) is 2.80. The highest BCUT2D eigenvalue weighted by Crippen LogP contribution is 2.57. The third-order valence-electron chi connectivity index (χ3n) is 3.43. The summed E-state index contributed by atoms with van der Waals surface area (Å²) in [7, 11) is 3.21. The monoisotopic (exact) mass is 222 g/mol. The molecule has 0 heterocycles. The lowest BCUT2D eigenvalue weighted by Gasteiger charge is -2.17. The van der Waals surface area contributed by atoms with Gasteiger partial charge in [-0.15, -0.1) is 0 Å². The van der Waals surface area contributed by atoms with Crippen LogP contribution in [0.2, 0.25) is 0 Å². The molecule has 16 heavy (non-hydrogen) atoms. The van der Waals surface area contributed by atoms with E-state index in [1.165, 1.54) is 0 Å². The van der Waals surface area contributed by atoms with Crippen LogP contribution in [0.5, 0.6) is 11.5 Å². The van der Waals surface area contributed by atoms with E-state index in [9.17, 15) is 5.11 Å². The first-order valence-corrected chi connectivity index (χ1v) is 5.61. The molecule has 2 atom stereocenters. The first kappa shape index (κ1) is 11.3. The number of ether oxygens (including phenoxy) is 2. The molecule has 1 aromatic carbocycles. The lowest BCUT2D eigenvalue weighted by atomic mass is 10.0. The van der Waals surface area contributed by atoms with Crippen molar-refractivity contribution in [2.75, 3.05) is 14.2 Å². The Balaban J connectivity index is 2.42. The number of para-hydroxylation sites is 1. The van der Waals surface area contributed by atoms with Gasteiger partial charge in [-0.1, -0.05) is 25.5 Å². The topological polar surface area (TPSA) is 38.7 Å². The molecule has 3 heteroatoms. The van der Waals surface area contributed by atoms with Crippen molar-refractivity contribution < 1.29 is 14.6 Å². The van der Waals surface area contributed by atoms with Crippen molar-refractivity contribution in [1.29, 1.82) is 0 Å². The summed E-state index contributed by atoms with van der Waals surface area (Å²) in [6, 6.07) is 5.64. The Morgan fingerprint density at radius 1 is 1.38 bits per heavy atom. The molecule has 1 aliphatic carbocycles. The van der Waals surface area contributed by atoms with Crippen LogP contribution in [0.1, 0.15) is 25.3 Å². The Hall–Kier alpha value is -1.22. The molecule has 0 amide bonds. The highest BCUT2D eigenvalue weighted by Gasteiger charge is 2.54. The van der Waals surface area contributed by atoms with E-state index < -0.39 is 5.60 Å². The van der Waals surface area contributed by atoms with Crippen LogP contribution < -0.4 is 9.47 Å². The summed E-state index contributed by atoms with van der Waals surface area (Å²) in [5.74, 6) is 1.67. The van der Waals surface area contributed by atoms with E-state index in [4.69, 9.17) is 9.47 Å². The van der Waals surface area contributed by atoms with E-state index in [0.29, 0.717) is 17.4 Å². The Bertz CT molecular complexity index is 389. The highest BCUT2D eigenvalue weighted by molar-refractivity contribution is 5.51. The molecule has 0 saturated heterocycles. The quantitative estimate of drug-likeness (QED) is 0.849. The summed E-state index contributed by atoms with van der Waals surface area (Å²) in [5, 5.41) is 10.5. The maximum atomic E-state index is 10.5. The predicted octanol–water partition coefficient (Wildman–Crippen LogP) is 2.32. The van der Waals surface area contributed by atoms with Crippen LogP contribution in [0.4, 0.5) is 0 Å². The van der Waals surface area contributed by atoms with Crippen LogP contribution in [0.3, 0.4) is 0 Å². The molecule has 2 unspecified atom stereocenters. The van der Waals surface area contributed by atoms with Crippen molar-refractivity contribution in [2.24, 2.45) is 5.92 Å². The summed E-state index contributed by atoms with van der Waals surface area (Å²) in [5.41, 5.74) is 0.135. The van der Waals surface area contributed by atoms with Gasteiger partial charge >= 0.3 is 0 Å². The SMILES string of the molecule is CCC1CC1(O)c1cccc(OC)c1OC. The van der Waals surface area contributed by atoms with Crippen LogP contribution in [0, 0.1) is 5.92 Å². The van der Waals surface area contributed by atoms with Gasteiger partial charge in [0.15, 0.2) is 11.5 Å². The minimum atomic E-state index is -0.714. The summed E-state index contributed by atoms with van der Waals surface area (Å²) < 4.78 is 10.6. The fraction of sp³-hybridized carbons (Fsp3) is 0.538. The van der Waals surface area contributed by atoms with Crippen molar-refractivity contribution in [3.05, 3.63) is 23.8 Å². The summed E-state index contributed by atoms with van der Waals surface area (Å²) in [4.78, 5) is 0. The van der Waals surface area contributed by atoms with Gasteiger partial charge in [0.1, 0.15) is 0 Å². The molecule has 2 rings (SSSR count). The van der Waals surface area contributed by atoms with Crippen LogP contribution in [-0.4, -0.2) is 19.3 Å². The van der Waals surface area contributed by atoms with Crippen molar-refractivity contribution in [3.8, 4) is 11.5 Å². The zero-order valence-electron chi connectivity index (χ0n) is 9.99. The summed E-state index contributed by atoms with van der Waals surface area (Å²) >= 11 is 0. The van der Waals surface area contributed by atoms with Gasteiger partial charge in [-0.25, -0.2) is 0 Å². The Labute approximate surface area is 96.0 Å². The molecular formula is C13H18O3.